The van der Waals surface area contributed by atoms with Gasteiger partial charge in [-0.25, -0.2) is 4.79 Å². The first kappa shape index (κ1) is 13.1. The molecule has 1 saturated carbocycles. The molecule has 1 aliphatic heterocycles. The van der Waals surface area contributed by atoms with Gasteiger partial charge in [-0.2, -0.15) is 0 Å². The monoisotopic (exact) mass is 256 g/mol. The quantitative estimate of drug-likeness (QED) is 0.761. The highest BCUT2D eigenvalue weighted by molar-refractivity contribution is 5.80. The molecule has 1 heterocycles. The molecule has 1 aliphatic carbocycles. The molecular weight excluding hydrogens is 236 g/mol. The number of amides is 2. The molecule has 2 rings (SSSR count). The van der Waals surface area contributed by atoms with Crippen LogP contribution in [-0.2, 0) is 4.79 Å². The van der Waals surface area contributed by atoms with Gasteiger partial charge in [0.25, 0.3) is 0 Å². The van der Waals surface area contributed by atoms with Crippen molar-refractivity contribution in [3.63, 3.8) is 0 Å². The Morgan fingerprint density at radius 2 is 1.78 bits per heavy atom. The standard InChI is InChI=1S/C12H20N2O4/c15-8-9-3-5-13(6-4-9)12(18)14(7-11(16)17)10-1-2-10/h9-10,15H,1-8H2,(H,16,17). The van der Waals surface area contributed by atoms with Crippen molar-refractivity contribution in [1.29, 1.82) is 0 Å². The summed E-state index contributed by atoms with van der Waals surface area (Å²) in [5.74, 6) is -0.677. The van der Waals surface area contributed by atoms with Gasteiger partial charge in [-0.3, -0.25) is 4.79 Å². The van der Waals surface area contributed by atoms with Gasteiger partial charge in [-0.1, -0.05) is 0 Å². The second-order valence-electron chi connectivity index (χ2n) is 5.15. The Labute approximate surface area is 106 Å². The maximum absolute atomic E-state index is 12.2. The van der Waals surface area contributed by atoms with Gasteiger partial charge >= 0.3 is 12.0 Å². The van der Waals surface area contributed by atoms with Gasteiger partial charge in [-0.05, 0) is 31.6 Å². The Morgan fingerprint density at radius 3 is 2.22 bits per heavy atom. The molecule has 0 unspecified atom stereocenters. The van der Waals surface area contributed by atoms with Gasteiger partial charge in [0.05, 0.1) is 0 Å². The number of aliphatic carboxylic acids is 1. The van der Waals surface area contributed by atoms with Crippen LogP contribution in [0.1, 0.15) is 25.7 Å². The van der Waals surface area contributed by atoms with Crippen LogP contribution < -0.4 is 0 Å². The predicted molar refractivity (Wildman–Crippen MR) is 64.1 cm³/mol. The lowest BCUT2D eigenvalue weighted by Gasteiger charge is -2.35. The van der Waals surface area contributed by atoms with Gasteiger partial charge < -0.3 is 20.0 Å². The van der Waals surface area contributed by atoms with E-state index in [1.807, 2.05) is 0 Å². The molecule has 18 heavy (non-hydrogen) atoms. The van der Waals surface area contributed by atoms with Crippen LogP contribution >= 0.6 is 0 Å². The molecule has 0 aromatic heterocycles. The zero-order valence-corrected chi connectivity index (χ0v) is 10.4. The van der Waals surface area contributed by atoms with Crippen molar-refractivity contribution in [2.45, 2.75) is 31.7 Å². The van der Waals surface area contributed by atoms with Crippen LogP contribution in [0.25, 0.3) is 0 Å². The van der Waals surface area contributed by atoms with Crippen molar-refractivity contribution < 1.29 is 19.8 Å². The first-order valence-corrected chi connectivity index (χ1v) is 6.50. The van der Waals surface area contributed by atoms with Crippen molar-refractivity contribution in [2.24, 2.45) is 5.92 Å². The number of likely N-dealkylation sites (tertiary alicyclic amines) is 1. The largest absolute Gasteiger partial charge is 0.480 e. The number of carbonyl (C=O) groups excluding carboxylic acids is 1. The number of rotatable bonds is 4. The summed E-state index contributed by atoms with van der Waals surface area (Å²) in [6.07, 6.45) is 3.42. The highest BCUT2D eigenvalue weighted by atomic mass is 16.4. The number of hydrogen-bond donors (Lipinski definition) is 2. The molecule has 2 N–H and O–H groups in total. The van der Waals surface area contributed by atoms with Crippen LogP contribution in [-0.4, -0.2) is 64.3 Å². The van der Waals surface area contributed by atoms with Crippen LogP contribution in [0, 0.1) is 5.92 Å². The van der Waals surface area contributed by atoms with Crippen LogP contribution in [0.4, 0.5) is 4.79 Å². The summed E-state index contributed by atoms with van der Waals surface area (Å²) in [5, 5.41) is 17.9. The lowest BCUT2D eigenvalue weighted by atomic mass is 9.98. The highest BCUT2D eigenvalue weighted by Gasteiger charge is 2.36. The summed E-state index contributed by atoms with van der Waals surface area (Å²) in [5.41, 5.74) is 0. The van der Waals surface area contributed by atoms with E-state index in [9.17, 15) is 9.59 Å². The van der Waals surface area contributed by atoms with E-state index in [0.717, 1.165) is 25.7 Å². The third-order valence-electron chi connectivity index (χ3n) is 3.68. The molecule has 102 valence electrons. The maximum atomic E-state index is 12.2. The number of aliphatic hydroxyl groups excluding tert-OH is 1. The van der Waals surface area contributed by atoms with E-state index in [4.69, 9.17) is 10.2 Å². The van der Waals surface area contributed by atoms with E-state index < -0.39 is 5.97 Å². The summed E-state index contributed by atoms with van der Waals surface area (Å²) in [6, 6.07) is -0.0412. The molecule has 2 amide bonds. The van der Waals surface area contributed by atoms with Gasteiger partial charge in [0.2, 0.25) is 0 Å². The Balaban J connectivity index is 1.90. The van der Waals surface area contributed by atoms with Crippen LogP contribution in [0.2, 0.25) is 0 Å². The fraction of sp³-hybridized carbons (Fsp3) is 0.833. The molecular formula is C12H20N2O4. The molecule has 0 aromatic rings. The highest BCUT2D eigenvalue weighted by Crippen LogP contribution is 2.28. The minimum absolute atomic E-state index is 0.115. The fourth-order valence-electron chi connectivity index (χ4n) is 2.37. The normalized spacial score (nSPS) is 20.8. The average molecular weight is 256 g/mol. The Kier molecular flexibility index (Phi) is 4.06. The number of carbonyl (C=O) groups is 2. The summed E-state index contributed by atoms with van der Waals surface area (Å²) in [7, 11) is 0. The fourth-order valence-corrected chi connectivity index (χ4v) is 2.37. The summed E-state index contributed by atoms with van der Waals surface area (Å²) >= 11 is 0. The molecule has 1 saturated heterocycles. The summed E-state index contributed by atoms with van der Waals surface area (Å²) in [4.78, 5) is 26.2. The number of carboxylic acid groups (broad SMARTS) is 1. The zero-order valence-electron chi connectivity index (χ0n) is 10.4. The van der Waals surface area contributed by atoms with Crippen LogP contribution in [0.3, 0.4) is 0 Å². The van der Waals surface area contributed by atoms with Gasteiger partial charge in [0, 0.05) is 25.7 Å². The predicted octanol–water partition coefficient (Wildman–Crippen LogP) is 0.360. The average Bonchev–Trinajstić information content (AvgIpc) is 3.19. The summed E-state index contributed by atoms with van der Waals surface area (Å²) in [6.45, 7) is 1.20. The van der Waals surface area contributed by atoms with E-state index in [1.54, 1.807) is 4.90 Å². The number of urea groups is 1. The van der Waals surface area contributed by atoms with Crippen molar-refractivity contribution in [3.05, 3.63) is 0 Å². The molecule has 0 spiro atoms. The van der Waals surface area contributed by atoms with Gasteiger partial charge in [-0.15, -0.1) is 0 Å². The van der Waals surface area contributed by atoms with E-state index >= 15 is 0 Å². The molecule has 2 aliphatic rings. The minimum Gasteiger partial charge on any atom is -0.480 e. The van der Waals surface area contributed by atoms with Crippen molar-refractivity contribution in [3.8, 4) is 0 Å². The van der Waals surface area contributed by atoms with Gasteiger partial charge in [0.1, 0.15) is 6.54 Å². The third-order valence-corrected chi connectivity index (χ3v) is 3.68. The number of carboxylic acids is 1. The smallest absolute Gasteiger partial charge is 0.323 e. The second kappa shape index (κ2) is 5.56. The first-order valence-electron chi connectivity index (χ1n) is 6.50. The van der Waals surface area contributed by atoms with E-state index in [0.29, 0.717) is 13.1 Å². The maximum Gasteiger partial charge on any atom is 0.323 e. The molecule has 2 fully saturated rings. The number of hydrogen-bond acceptors (Lipinski definition) is 3. The van der Waals surface area contributed by atoms with E-state index in [1.165, 1.54) is 4.90 Å². The third kappa shape index (κ3) is 3.13. The topological polar surface area (TPSA) is 81.1 Å². The Hall–Kier alpha value is -1.30. The van der Waals surface area contributed by atoms with Crippen molar-refractivity contribution in [2.75, 3.05) is 26.2 Å². The molecule has 0 aromatic carbocycles. The minimum atomic E-state index is -0.958. The lowest BCUT2D eigenvalue weighted by Crippen LogP contribution is -2.49. The van der Waals surface area contributed by atoms with E-state index in [-0.39, 0.29) is 31.1 Å². The Morgan fingerprint density at radius 1 is 1.17 bits per heavy atom. The molecule has 6 heteroatoms. The summed E-state index contributed by atoms with van der Waals surface area (Å²) < 4.78 is 0. The van der Waals surface area contributed by atoms with Crippen molar-refractivity contribution >= 4 is 12.0 Å². The number of piperidine rings is 1. The zero-order chi connectivity index (χ0) is 13.1. The SMILES string of the molecule is O=C(O)CN(C(=O)N1CCC(CO)CC1)C1CC1. The van der Waals surface area contributed by atoms with Crippen LogP contribution in [0.15, 0.2) is 0 Å². The van der Waals surface area contributed by atoms with Gasteiger partial charge in [0.15, 0.2) is 0 Å². The second-order valence-corrected chi connectivity index (χ2v) is 5.15. The van der Waals surface area contributed by atoms with Crippen LogP contribution in [0.5, 0.6) is 0 Å². The Bertz CT molecular complexity index is 322. The molecule has 0 bridgehead atoms. The van der Waals surface area contributed by atoms with E-state index in [2.05, 4.69) is 0 Å². The first-order chi connectivity index (χ1) is 8.61. The lowest BCUT2D eigenvalue weighted by molar-refractivity contribution is -0.137. The molecule has 0 atom stereocenters. The number of aliphatic hydroxyl groups is 1. The molecule has 0 radical (unpaired) electrons. The van der Waals surface area contributed by atoms with Crippen molar-refractivity contribution in [1.82, 2.24) is 9.80 Å². The number of nitrogens with zero attached hydrogens (tertiary/aromatic N) is 2. The molecule has 6 nitrogen and oxygen atoms in total.